The Morgan fingerprint density at radius 2 is 2.14 bits per heavy atom. The van der Waals surface area contributed by atoms with Gasteiger partial charge >= 0.3 is 0 Å². The van der Waals surface area contributed by atoms with Gasteiger partial charge in [-0.1, -0.05) is 24.3 Å². The van der Waals surface area contributed by atoms with Crippen LogP contribution >= 0.6 is 0 Å². The summed E-state index contributed by atoms with van der Waals surface area (Å²) in [5.41, 5.74) is 3.04. The van der Waals surface area contributed by atoms with Gasteiger partial charge < -0.3 is 19.2 Å². The normalized spacial score (nSPS) is 17.6. The summed E-state index contributed by atoms with van der Waals surface area (Å²) >= 11 is 0. The predicted octanol–water partition coefficient (Wildman–Crippen LogP) is 3.23. The van der Waals surface area contributed by atoms with E-state index in [4.69, 9.17) is 13.9 Å². The van der Waals surface area contributed by atoms with Crippen molar-refractivity contribution in [2.75, 3.05) is 6.79 Å². The number of fused-ring (bicyclic) bond motifs is 2. The summed E-state index contributed by atoms with van der Waals surface area (Å²) in [7, 11) is 0. The van der Waals surface area contributed by atoms with Crippen molar-refractivity contribution in [2.24, 2.45) is 5.92 Å². The molecule has 1 aliphatic carbocycles. The first-order chi connectivity index (χ1) is 13.8. The van der Waals surface area contributed by atoms with Crippen LogP contribution in [0.5, 0.6) is 11.5 Å². The smallest absolute Gasteiger partial charge is 0.231 e. The number of pyridine rings is 1. The van der Waals surface area contributed by atoms with Crippen molar-refractivity contribution in [1.29, 1.82) is 0 Å². The minimum Gasteiger partial charge on any atom is -0.454 e. The second-order valence-electron chi connectivity index (χ2n) is 6.64. The summed E-state index contributed by atoms with van der Waals surface area (Å²) < 4.78 is 16.5. The van der Waals surface area contributed by atoms with Crippen LogP contribution in [0.3, 0.4) is 0 Å². The first-order valence-electron chi connectivity index (χ1n) is 9.02. The lowest BCUT2D eigenvalue weighted by atomic mass is 9.93. The lowest BCUT2D eigenvalue weighted by Crippen LogP contribution is -2.30. The highest BCUT2D eigenvalue weighted by Crippen LogP contribution is 2.32. The number of hydrogen-bond donors (Lipinski definition) is 1. The minimum atomic E-state index is -0.281. The Labute approximate surface area is 160 Å². The number of allylic oxidation sites excluding steroid dienone is 3. The Hall–Kier alpha value is -3.61. The van der Waals surface area contributed by atoms with Gasteiger partial charge in [-0.3, -0.25) is 4.79 Å². The van der Waals surface area contributed by atoms with Crippen molar-refractivity contribution < 1.29 is 18.7 Å². The average molecular weight is 375 g/mol. The van der Waals surface area contributed by atoms with E-state index in [0.717, 1.165) is 16.9 Å². The second kappa shape index (κ2) is 6.84. The molecule has 1 aromatic carbocycles. The maximum atomic E-state index is 12.6. The molecule has 0 bridgehead atoms. The van der Waals surface area contributed by atoms with Crippen LogP contribution in [0.2, 0.25) is 0 Å². The molecule has 1 N–H and O–H groups in total. The third-order valence-electron chi connectivity index (χ3n) is 4.76. The molecule has 0 saturated heterocycles. The molecule has 7 heteroatoms. The van der Waals surface area contributed by atoms with Crippen molar-refractivity contribution in [3.63, 3.8) is 0 Å². The van der Waals surface area contributed by atoms with Gasteiger partial charge in [0.05, 0.1) is 5.92 Å². The first-order valence-corrected chi connectivity index (χ1v) is 9.02. The molecule has 1 unspecified atom stereocenters. The summed E-state index contributed by atoms with van der Waals surface area (Å²) in [6.45, 7) is 0.657. The maximum absolute atomic E-state index is 12.6. The third kappa shape index (κ3) is 3.11. The van der Waals surface area contributed by atoms with E-state index in [-0.39, 0.29) is 18.6 Å². The molecule has 0 saturated carbocycles. The molecule has 2 aliphatic rings. The number of rotatable bonds is 4. The molecule has 1 aliphatic heterocycles. The molecule has 0 radical (unpaired) electrons. The summed E-state index contributed by atoms with van der Waals surface area (Å²) in [4.78, 5) is 21.3. The Balaban J connectivity index is 1.25. The summed E-state index contributed by atoms with van der Waals surface area (Å²) in [5, 5.41) is 2.98. The Kier molecular flexibility index (Phi) is 4.05. The average Bonchev–Trinajstić information content (AvgIpc) is 3.38. The highest BCUT2D eigenvalue weighted by atomic mass is 16.7. The minimum absolute atomic E-state index is 0.0475. The van der Waals surface area contributed by atoms with Crippen LogP contribution < -0.4 is 14.8 Å². The number of hydrogen-bond acceptors (Lipinski definition) is 6. The number of oxazole rings is 1. The van der Waals surface area contributed by atoms with E-state index < -0.39 is 0 Å². The van der Waals surface area contributed by atoms with Crippen molar-refractivity contribution in [3.05, 3.63) is 66.2 Å². The first kappa shape index (κ1) is 16.6. The van der Waals surface area contributed by atoms with E-state index in [0.29, 0.717) is 35.8 Å². The predicted molar refractivity (Wildman–Crippen MR) is 101 cm³/mol. The van der Waals surface area contributed by atoms with Crippen LogP contribution in [0.1, 0.15) is 17.9 Å². The van der Waals surface area contributed by atoms with Crippen molar-refractivity contribution in [2.45, 2.75) is 13.0 Å². The SMILES string of the molecule is O=C(NCc1ccc2c(c1)OCO2)C1C=CC=C(c2nc3ncccc3o2)C1. The monoisotopic (exact) mass is 375 g/mol. The van der Waals surface area contributed by atoms with Crippen LogP contribution in [-0.4, -0.2) is 22.7 Å². The summed E-state index contributed by atoms with van der Waals surface area (Å²) in [6.07, 6.45) is 7.88. The van der Waals surface area contributed by atoms with Crippen LogP contribution in [-0.2, 0) is 11.3 Å². The molecule has 1 amide bonds. The Morgan fingerprint density at radius 3 is 3.07 bits per heavy atom. The molecule has 140 valence electrons. The zero-order chi connectivity index (χ0) is 18.9. The molecule has 2 aromatic heterocycles. The van der Waals surface area contributed by atoms with Crippen molar-refractivity contribution >= 4 is 22.7 Å². The van der Waals surface area contributed by atoms with E-state index in [1.165, 1.54) is 0 Å². The van der Waals surface area contributed by atoms with Gasteiger partial charge in [-0.2, -0.15) is 4.98 Å². The summed E-state index contributed by atoms with van der Waals surface area (Å²) in [5.74, 6) is 1.62. The van der Waals surface area contributed by atoms with Gasteiger partial charge in [-0.15, -0.1) is 0 Å². The van der Waals surface area contributed by atoms with Crippen molar-refractivity contribution in [3.8, 4) is 11.5 Å². The molecule has 3 aromatic rings. The van der Waals surface area contributed by atoms with Gasteiger partial charge in [-0.25, -0.2) is 4.98 Å². The molecule has 0 spiro atoms. The fourth-order valence-corrected chi connectivity index (χ4v) is 3.30. The van der Waals surface area contributed by atoms with Gasteiger partial charge in [0.25, 0.3) is 0 Å². The van der Waals surface area contributed by atoms with Crippen LogP contribution in [0, 0.1) is 5.92 Å². The zero-order valence-corrected chi connectivity index (χ0v) is 14.9. The Morgan fingerprint density at radius 1 is 1.21 bits per heavy atom. The number of nitrogens with zero attached hydrogens (tertiary/aromatic N) is 2. The second-order valence-corrected chi connectivity index (χ2v) is 6.64. The van der Waals surface area contributed by atoms with E-state index in [9.17, 15) is 4.79 Å². The number of benzene rings is 1. The lowest BCUT2D eigenvalue weighted by molar-refractivity contribution is -0.123. The molecule has 3 heterocycles. The number of nitrogens with one attached hydrogen (secondary N) is 1. The van der Waals surface area contributed by atoms with E-state index in [1.54, 1.807) is 12.3 Å². The topological polar surface area (TPSA) is 86.5 Å². The Bertz CT molecular complexity index is 1080. The number of carbonyl (C=O) groups excluding carboxylic acids is 1. The molecular weight excluding hydrogens is 358 g/mol. The van der Waals surface area contributed by atoms with Crippen molar-refractivity contribution in [1.82, 2.24) is 15.3 Å². The molecule has 28 heavy (non-hydrogen) atoms. The number of amides is 1. The maximum Gasteiger partial charge on any atom is 0.231 e. The van der Waals surface area contributed by atoms with Gasteiger partial charge in [0.1, 0.15) is 0 Å². The summed E-state index contributed by atoms with van der Waals surface area (Å²) in [6, 6.07) is 9.29. The molecule has 5 rings (SSSR count). The van der Waals surface area contributed by atoms with E-state index in [2.05, 4.69) is 15.3 Å². The third-order valence-corrected chi connectivity index (χ3v) is 4.76. The molecule has 0 fully saturated rings. The molecular formula is C21H17N3O4. The highest BCUT2D eigenvalue weighted by Gasteiger charge is 2.23. The molecule has 1 atom stereocenters. The van der Waals surface area contributed by atoms with Gasteiger partial charge in [-0.05, 0) is 36.2 Å². The fourth-order valence-electron chi connectivity index (χ4n) is 3.30. The largest absolute Gasteiger partial charge is 0.454 e. The zero-order valence-electron chi connectivity index (χ0n) is 14.9. The van der Waals surface area contributed by atoms with E-state index >= 15 is 0 Å². The van der Waals surface area contributed by atoms with Gasteiger partial charge in [0, 0.05) is 18.3 Å². The van der Waals surface area contributed by atoms with Gasteiger partial charge in [0.2, 0.25) is 18.6 Å². The van der Waals surface area contributed by atoms with Crippen LogP contribution in [0.25, 0.3) is 16.8 Å². The van der Waals surface area contributed by atoms with Gasteiger partial charge in [0.15, 0.2) is 22.7 Å². The lowest BCUT2D eigenvalue weighted by Gasteiger charge is -2.16. The number of ether oxygens (including phenoxy) is 2. The highest BCUT2D eigenvalue weighted by molar-refractivity contribution is 5.84. The quantitative estimate of drug-likeness (QED) is 0.753. The number of carbonyl (C=O) groups is 1. The van der Waals surface area contributed by atoms with E-state index in [1.807, 2.05) is 42.5 Å². The fraction of sp³-hybridized carbons (Fsp3) is 0.190. The number of aromatic nitrogens is 2. The molecule has 7 nitrogen and oxygen atoms in total. The van der Waals surface area contributed by atoms with Crippen LogP contribution in [0.4, 0.5) is 0 Å². The van der Waals surface area contributed by atoms with Crippen LogP contribution in [0.15, 0.2) is 59.2 Å². The standard InChI is InChI=1S/C21H17N3O4/c25-20(23-11-13-6-7-16-18(9-13)27-12-26-16)14-3-1-4-15(10-14)21-24-19-17(28-21)5-2-8-22-19/h1-9,14H,10-12H2,(H,23,25).